The minimum atomic E-state index is -3.95. The van der Waals surface area contributed by atoms with Gasteiger partial charge in [-0.2, -0.15) is 0 Å². The Kier molecular flexibility index (Phi) is 7.56. The highest BCUT2D eigenvalue weighted by molar-refractivity contribution is 7.92. The quantitative estimate of drug-likeness (QED) is 0.444. The first-order chi connectivity index (χ1) is 16.4. The Morgan fingerprint density at radius 1 is 0.857 bits per heavy atom. The minimum absolute atomic E-state index is 0.0199. The molecule has 2 N–H and O–H groups in total. The fraction of sp³-hybridized carbons (Fsp3) is 0.174. The van der Waals surface area contributed by atoms with Crippen LogP contribution in [0, 0.1) is 0 Å². The average Bonchev–Trinajstić information content (AvgIpc) is 2.83. The lowest BCUT2D eigenvalue weighted by atomic mass is 10.2. The summed E-state index contributed by atoms with van der Waals surface area (Å²) in [6, 6.07) is 16.4. The molecule has 3 aromatic carbocycles. The van der Waals surface area contributed by atoms with Crippen molar-refractivity contribution in [2.45, 2.75) is 4.90 Å². The van der Waals surface area contributed by atoms with Gasteiger partial charge in [0.1, 0.15) is 11.5 Å². The van der Waals surface area contributed by atoms with Gasteiger partial charge in [0.15, 0.2) is 0 Å². The van der Waals surface area contributed by atoms with E-state index in [1.54, 1.807) is 12.1 Å². The molecule has 186 valence electrons. The van der Waals surface area contributed by atoms with Gasteiger partial charge in [0.25, 0.3) is 15.9 Å². The van der Waals surface area contributed by atoms with Gasteiger partial charge in [-0.15, -0.1) is 0 Å². The van der Waals surface area contributed by atoms with Crippen LogP contribution in [0.4, 0.5) is 17.1 Å². The van der Waals surface area contributed by atoms with Crippen LogP contribution >= 0.6 is 0 Å². The summed E-state index contributed by atoms with van der Waals surface area (Å²) in [5.41, 5.74) is 1.32. The van der Waals surface area contributed by atoms with Crippen LogP contribution in [-0.2, 0) is 20.0 Å². The summed E-state index contributed by atoms with van der Waals surface area (Å²) >= 11 is 0. The Labute approximate surface area is 204 Å². The van der Waals surface area contributed by atoms with Gasteiger partial charge in [0.05, 0.1) is 36.7 Å². The number of hydrogen-bond acceptors (Lipinski definition) is 7. The molecule has 0 aliphatic carbocycles. The zero-order valence-corrected chi connectivity index (χ0v) is 21.1. The molecule has 35 heavy (non-hydrogen) atoms. The number of benzene rings is 3. The molecule has 10 nitrogen and oxygen atoms in total. The van der Waals surface area contributed by atoms with E-state index < -0.39 is 26.0 Å². The van der Waals surface area contributed by atoms with E-state index in [9.17, 15) is 21.6 Å². The maximum Gasteiger partial charge on any atom is 0.262 e. The van der Waals surface area contributed by atoms with Crippen molar-refractivity contribution in [1.82, 2.24) is 0 Å². The molecule has 0 saturated carbocycles. The van der Waals surface area contributed by atoms with Crippen molar-refractivity contribution in [3.8, 4) is 11.5 Å². The van der Waals surface area contributed by atoms with Crippen LogP contribution in [0.5, 0.6) is 11.5 Å². The third-order valence-corrected chi connectivity index (χ3v) is 7.65. The first kappa shape index (κ1) is 25.8. The van der Waals surface area contributed by atoms with E-state index >= 15 is 0 Å². The van der Waals surface area contributed by atoms with Crippen LogP contribution in [-0.4, -0.2) is 50.3 Å². The molecule has 0 spiro atoms. The molecule has 1 amide bonds. The van der Waals surface area contributed by atoms with Gasteiger partial charge < -0.3 is 14.8 Å². The molecule has 3 rings (SSSR count). The van der Waals surface area contributed by atoms with Crippen molar-refractivity contribution in [3.63, 3.8) is 0 Å². The summed E-state index contributed by atoms with van der Waals surface area (Å²) in [6.07, 6.45) is 1.08. The van der Waals surface area contributed by atoms with Crippen molar-refractivity contribution < 1.29 is 31.1 Å². The fourth-order valence-electron chi connectivity index (χ4n) is 3.03. The summed E-state index contributed by atoms with van der Waals surface area (Å²) in [7, 11) is -3.05. The molecule has 0 aliphatic heterocycles. The number of carbonyl (C=O) groups is 1. The van der Waals surface area contributed by atoms with Crippen molar-refractivity contribution in [2.24, 2.45) is 0 Å². The van der Waals surface area contributed by atoms with Crippen molar-refractivity contribution in [3.05, 3.63) is 72.3 Å². The Morgan fingerprint density at radius 3 is 2.03 bits per heavy atom. The van der Waals surface area contributed by atoms with Gasteiger partial charge in [-0.1, -0.05) is 0 Å². The summed E-state index contributed by atoms with van der Waals surface area (Å²) < 4.78 is 62.9. The maximum atomic E-state index is 12.8. The Balaban J connectivity index is 1.72. The molecule has 0 bridgehead atoms. The van der Waals surface area contributed by atoms with Gasteiger partial charge in [0, 0.05) is 24.4 Å². The number of nitrogens with one attached hydrogen (secondary N) is 2. The lowest BCUT2D eigenvalue weighted by Gasteiger charge is -2.16. The number of anilines is 3. The number of hydrogen-bond donors (Lipinski definition) is 2. The van der Waals surface area contributed by atoms with Gasteiger partial charge in [-0.05, 0) is 60.7 Å². The van der Waals surface area contributed by atoms with E-state index in [0.29, 0.717) is 28.4 Å². The van der Waals surface area contributed by atoms with Crippen LogP contribution in [0.15, 0.2) is 71.6 Å². The molecule has 0 radical (unpaired) electrons. The molecule has 0 heterocycles. The van der Waals surface area contributed by atoms with Gasteiger partial charge in [0.2, 0.25) is 10.0 Å². The molecule has 0 fully saturated rings. The fourth-order valence-corrected chi connectivity index (χ4v) is 4.60. The van der Waals surface area contributed by atoms with E-state index in [1.807, 2.05) is 0 Å². The summed E-state index contributed by atoms with van der Waals surface area (Å²) in [5, 5.41) is 2.68. The molecular weight excluding hydrogens is 494 g/mol. The molecule has 0 unspecified atom stereocenters. The highest BCUT2D eigenvalue weighted by Crippen LogP contribution is 2.31. The van der Waals surface area contributed by atoms with Gasteiger partial charge in [-0.3, -0.25) is 13.8 Å². The number of amides is 1. The van der Waals surface area contributed by atoms with Gasteiger partial charge in [-0.25, -0.2) is 16.8 Å². The molecule has 0 atom stereocenters. The second kappa shape index (κ2) is 10.2. The third kappa shape index (κ3) is 6.22. The SMILES string of the molecule is COc1ccc(OC)c(NS(=O)(=O)c2ccc(NC(=O)c3ccc(N(C)S(C)(=O)=O)cc3)cc2)c1. The number of ether oxygens (including phenoxy) is 2. The second-order valence-corrected chi connectivity index (χ2v) is 11.1. The van der Waals surface area contributed by atoms with E-state index in [0.717, 1.165) is 10.6 Å². The topological polar surface area (TPSA) is 131 Å². The van der Waals surface area contributed by atoms with Crippen molar-refractivity contribution in [1.29, 1.82) is 0 Å². The van der Waals surface area contributed by atoms with Crippen LogP contribution in [0.1, 0.15) is 10.4 Å². The molecule has 12 heteroatoms. The lowest BCUT2D eigenvalue weighted by Crippen LogP contribution is -2.24. The number of sulfonamides is 2. The van der Waals surface area contributed by atoms with Crippen LogP contribution < -0.4 is 23.8 Å². The summed E-state index contributed by atoms with van der Waals surface area (Å²) in [6.45, 7) is 0. The Hall–Kier alpha value is -3.77. The zero-order valence-electron chi connectivity index (χ0n) is 19.5. The lowest BCUT2D eigenvalue weighted by molar-refractivity contribution is 0.102. The molecule has 0 saturated heterocycles. The summed E-state index contributed by atoms with van der Waals surface area (Å²) in [5.74, 6) is 0.345. The van der Waals surface area contributed by atoms with Crippen LogP contribution in [0.25, 0.3) is 0 Å². The van der Waals surface area contributed by atoms with Gasteiger partial charge >= 0.3 is 0 Å². The third-order valence-electron chi connectivity index (χ3n) is 5.06. The predicted octanol–water partition coefficient (Wildman–Crippen LogP) is 3.15. The molecule has 0 aromatic heterocycles. The smallest absolute Gasteiger partial charge is 0.262 e. The molecule has 3 aromatic rings. The zero-order chi connectivity index (χ0) is 25.8. The van der Waals surface area contributed by atoms with E-state index in [2.05, 4.69) is 10.0 Å². The highest BCUT2D eigenvalue weighted by atomic mass is 32.2. The summed E-state index contributed by atoms with van der Waals surface area (Å²) in [4.78, 5) is 12.5. The van der Waals surface area contributed by atoms with Crippen LogP contribution in [0.3, 0.4) is 0 Å². The number of carbonyl (C=O) groups excluding carboxylic acids is 1. The molecule has 0 aliphatic rings. The molecular formula is C23H25N3O7S2. The monoisotopic (exact) mass is 519 g/mol. The number of nitrogens with zero attached hydrogens (tertiary/aromatic N) is 1. The Bertz CT molecular complexity index is 1420. The van der Waals surface area contributed by atoms with Crippen molar-refractivity contribution >= 4 is 43.0 Å². The average molecular weight is 520 g/mol. The normalized spacial score (nSPS) is 11.4. The van der Waals surface area contributed by atoms with E-state index in [1.165, 1.54) is 75.9 Å². The predicted molar refractivity (Wildman–Crippen MR) is 134 cm³/mol. The second-order valence-electron chi connectivity index (χ2n) is 7.43. The first-order valence-corrected chi connectivity index (χ1v) is 13.5. The maximum absolute atomic E-state index is 12.8. The standard InChI is InChI=1S/C23H25N3O7S2/c1-26(34(4,28)29)18-9-5-16(6-10-18)23(27)24-17-7-12-20(13-8-17)35(30,31)25-21-15-19(32-2)11-14-22(21)33-3/h5-15,25H,1-4H3,(H,24,27). The van der Waals surface area contributed by atoms with Crippen molar-refractivity contribution in [2.75, 3.05) is 41.9 Å². The highest BCUT2D eigenvalue weighted by Gasteiger charge is 2.18. The first-order valence-electron chi connectivity index (χ1n) is 10.1. The minimum Gasteiger partial charge on any atom is -0.497 e. The van der Waals surface area contributed by atoms with E-state index in [-0.39, 0.29) is 10.6 Å². The van der Waals surface area contributed by atoms with E-state index in [4.69, 9.17) is 9.47 Å². The van der Waals surface area contributed by atoms with Crippen LogP contribution in [0.2, 0.25) is 0 Å². The largest absolute Gasteiger partial charge is 0.497 e. The number of rotatable bonds is 9. The number of methoxy groups -OCH3 is 2. The Morgan fingerprint density at radius 2 is 1.49 bits per heavy atom.